The van der Waals surface area contributed by atoms with Crippen LogP contribution in [0.3, 0.4) is 0 Å². The summed E-state index contributed by atoms with van der Waals surface area (Å²) in [5, 5.41) is 15.3. The number of rotatable bonds is 6. The summed E-state index contributed by atoms with van der Waals surface area (Å²) in [6.07, 6.45) is 2.97. The predicted molar refractivity (Wildman–Crippen MR) is 82.7 cm³/mol. The molecule has 0 aliphatic carbocycles. The van der Waals surface area contributed by atoms with Gasteiger partial charge in [0, 0.05) is 23.3 Å². The van der Waals surface area contributed by atoms with E-state index in [1.165, 1.54) is 11.3 Å². The second-order valence-electron chi connectivity index (χ2n) is 5.15. The van der Waals surface area contributed by atoms with Gasteiger partial charge < -0.3 is 10.4 Å². The quantitative estimate of drug-likeness (QED) is 0.858. The highest BCUT2D eigenvalue weighted by molar-refractivity contribution is 7.09. The van der Waals surface area contributed by atoms with Crippen molar-refractivity contribution in [1.29, 1.82) is 0 Å². The first kappa shape index (κ1) is 15.6. The number of carbonyl (C=O) groups is 1. The zero-order valence-electron chi connectivity index (χ0n) is 12.1. The minimum Gasteiger partial charge on any atom is -0.392 e. The summed E-state index contributed by atoms with van der Waals surface area (Å²) in [6, 6.07) is 3.80. The molecule has 2 rings (SSSR count). The highest BCUT2D eigenvalue weighted by Gasteiger charge is 2.14. The molecule has 0 aromatic carbocycles. The van der Waals surface area contributed by atoms with E-state index in [-0.39, 0.29) is 18.2 Å². The molecule has 21 heavy (non-hydrogen) atoms. The molecular formula is C15H19N3O2S. The lowest BCUT2D eigenvalue weighted by Gasteiger charge is -2.13. The summed E-state index contributed by atoms with van der Waals surface area (Å²) in [7, 11) is 0. The maximum absolute atomic E-state index is 11.7. The van der Waals surface area contributed by atoms with Crippen molar-refractivity contribution in [2.24, 2.45) is 5.92 Å². The molecule has 2 aromatic rings. The summed E-state index contributed by atoms with van der Waals surface area (Å²) < 4.78 is 0. The molecule has 2 N–H and O–H groups in total. The van der Waals surface area contributed by atoms with Crippen molar-refractivity contribution in [3.8, 4) is 11.3 Å². The van der Waals surface area contributed by atoms with Crippen LogP contribution in [0.5, 0.6) is 0 Å². The Morgan fingerprint density at radius 2 is 2.10 bits per heavy atom. The Morgan fingerprint density at radius 3 is 2.76 bits per heavy atom. The van der Waals surface area contributed by atoms with Crippen molar-refractivity contribution < 1.29 is 9.90 Å². The number of thiazole rings is 1. The molecule has 0 spiro atoms. The van der Waals surface area contributed by atoms with Gasteiger partial charge in [-0.2, -0.15) is 0 Å². The van der Waals surface area contributed by atoms with E-state index in [1.54, 1.807) is 12.4 Å². The van der Waals surface area contributed by atoms with Crippen molar-refractivity contribution >= 4 is 17.2 Å². The third-order valence-corrected chi connectivity index (χ3v) is 3.98. The van der Waals surface area contributed by atoms with E-state index in [0.717, 1.165) is 16.3 Å². The van der Waals surface area contributed by atoms with Crippen LogP contribution in [0.4, 0.5) is 0 Å². The second-order valence-corrected chi connectivity index (χ2v) is 6.10. The number of pyridine rings is 1. The second kappa shape index (κ2) is 7.28. The first-order valence-corrected chi connectivity index (χ1v) is 7.74. The number of hydrogen-bond donors (Lipinski definition) is 2. The fraction of sp³-hybridized carbons (Fsp3) is 0.400. The molecule has 1 amide bonds. The number of aromatic nitrogens is 2. The maximum atomic E-state index is 11.7. The predicted octanol–water partition coefficient (Wildman–Crippen LogP) is 2.23. The van der Waals surface area contributed by atoms with Gasteiger partial charge in [0.15, 0.2) is 0 Å². The Balaban J connectivity index is 1.87. The highest BCUT2D eigenvalue weighted by atomic mass is 32.1. The molecule has 5 nitrogen and oxygen atoms in total. The van der Waals surface area contributed by atoms with Crippen LogP contribution in [0.1, 0.15) is 25.3 Å². The minimum atomic E-state index is -0.603. The third kappa shape index (κ3) is 4.61. The van der Waals surface area contributed by atoms with Gasteiger partial charge in [-0.25, -0.2) is 4.98 Å². The average Bonchev–Trinajstić information content (AvgIpc) is 2.95. The minimum absolute atomic E-state index is 0.0777. The zero-order chi connectivity index (χ0) is 15.2. The van der Waals surface area contributed by atoms with E-state index >= 15 is 0 Å². The molecule has 0 bridgehead atoms. The number of nitrogens with one attached hydrogen (secondary N) is 1. The summed E-state index contributed by atoms with van der Waals surface area (Å²) in [4.78, 5) is 20.2. The molecule has 6 heteroatoms. The van der Waals surface area contributed by atoms with Crippen molar-refractivity contribution in [3.63, 3.8) is 0 Å². The Labute approximate surface area is 128 Å². The van der Waals surface area contributed by atoms with Crippen molar-refractivity contribution in [2.75, 3.05) is 0 Å². The van der Waals surface area contributed by atoms with Gasteiger partial charge in [-0.05, 0) is 18.1 Å². The maximum Gasteiger partial charge on any atom is 0.222 e. The first-order valence-electron chi connectivity index (χ1n) is 6.86. The van der Waals surface area contributed by atoms with E-state index in [9.17, 15) is 9.90 Å². The SMILES string of the molecule is CC(C)C(O)CC(=O)NCc1nc(-c2ccncc2)cs1. The lowest BCUT2D eigenvalue weighted by atomic mass is 10.0. The fourth-order valence-electron chi connectivity index (χ4n) is 1.72. The zero-order valence-corrected chi connectivity index (χ0v) is 12.9. The molecule has 0 aliphatic heterocycles. The molecule has 0 saturated carbocycles. The van der Waals surface area contributed by atoms with Gasteiger partial charge >= 0.3 is 0 Å². The monoisotopic (exact) mass is 305 g/mol. The van der Waals surface area contributed by atoms with Crippen LogP contribution in [0.25, 0.3) is 11.3 Å². The van der Waals surface area contributed by atoms with Crippen LogP contribution in [0, 0.1) is 5.92 Å². The van der Waals surface area contributed by atoms with Crippen LogP contribution in [0.15, 0.2) is 29.9 Å². The van der Waals surface area contributed by atoms with E-state index in [0.29, 0.717) is 6.54 Å². The van der Waals surface area contributed by atoms with Crippen LogP contribution < -0.4 is 5.32 Å². The van der Waals surface area contributed by atoms with Crippen LogP contribution in [-0.2, 0) is 11.3 Å². The Hall–Kier alpha value is -1.79. The number of hydrogen-bond acceptors (Lipinski definition) is 5. The highest BCUT2D eigenvalue weighted by Crippen LogP contribution is 2.20. The smallest absolute Gasteiger partial charge is 0.222 e. The average molecular weight is 305 g/mol. The van der Waals surface area contributed by atoms with Gasteiger partial charge in [0.05, 0.1) is 24.8 Å². The van der Waals surface area contributed by atoms with Gasteiger partial charge in [-0.1, -0.05) is 13.8 Å². The Morgan fingerprint density at radius 1 is 1.38 bits per heavy atom. The van der Waals surface area contributed by atoms with E-state index in [4.69, 9.17) is 0 Å². The number of aliphatic hydroxyl groups excluding tert-OH is 1. The van der Waals surface area contributed by atoms with Crippen molar-refractivity contribution in [2.45, 2.75) is 32.9 Å². The fourth-order valence-corrected chi connectivity index (χ4v) is 2.46. The number of nitrogens with zero attached hydrogens (tertiary/aromatic N) is 2. The van der Waals surface area contributed by atoms with E-state index < -0.39 is 6.10 Å². The van der Waals surface area contributed by atoms with Crippen molar-refractivity contribution in [3.05, 3.63) is 34.9 Å². The lowest BCUT2D eigenvalue weighted by molar-refractivity contribution is -0.123. The Bertz CT molecular complexity index is 584. The number of carbonyl (C=O) groups excluding carboxylic acids is 1. The summed E-state index contributed by atoms with van der Waals surface area (Å²) in [5.41, 5.74) is 1.89. The molecule has 1 atom stereocenters. The molecule has 0 saturated heterocycles. The normalized spacial score (nSPS) is 12.4. The summed E-state index contributed by atoms with van der Waals surface area (Å²) >= 11 is 1.50. The molecule has 2 aromatic heterocycles. The largest absolute Gasteiger partial charge is 0.392 e. The van der Waals surface area contributed by atoms with E-state index in [1.807, 2.05) is 31.4 Å². The first-order chi connectivity index (χ1) is 10.1. The molecular weight excluding hydrogens is 286 g/mol. The molecule has 0 radical (unpaired) electrons. The van der Waals surface area contributed by atoms with Crippen LogP contribution in [0.2, 0.25) is 0 Å². The van der Waals surface area contributed by atoms with Gasteiger partial charge in [-0.15, -0.1) is 11.3 Å². The van der Waals surface area contributed by atoms with Gasteiger partial charge in [0.1, 0.15) is 5.01 Å². The molecule has 112 valence electrons. The lowest BCUT2D eigenvalue weighted by Crippen LogP contribution is -2.29. The Kier molecular flexibility index (Phi) is 5.41. The van der Waals surface area contributed by atoms with Gasteiger partial charge in [-0.3, -0.25) is 9.78 Å². The van der Waals surface area contributed by atoms with Crippen molar-refractivity contribution in [1.82, 2.24) is 15.3 Å². The molecule has 0 fully saturated rings. The van der Waals surface area contributed by atoms with E-state index in [2.05, 4.69) is 15.3 Å². The summed E-state index contributed by atoms with van der Waals surface area (Å²) in [6.45, 7) is 4.17. The third-order valence-electron chi connectivity index (χ3n) is 3.13. The molecule has 0 aliphatic rings. The topological polar surface area (TPSA) is 75.1 Å². The number of amides is 1. The molecule has 1 unspecified atom stereocenters. The van der Waals surface area contributed by atoms with Crippen LogP contribution in [-0.4, -0.2) is 27.1 Å². The molecule has 2 heterocycles. The van der Waals surface area contributed by atoms with Gasteiger partial charge in [0.25, 0.3) is 0 Å². The number of aliphatic hydroxyl groups is 1. The standard InChI is InChI=1S/C15H19N3O2S/c1-10(2)13(19)7-14(20)17-8-15-18-12(9-21-15)11-3-5-16-6-4-11/h3-6,9-10,13,19H,7-8H2,1-2H3,(H,17,20). The van der Waals surface area contributed by atoms with Gasteiger partial charge in [0.2, 0.25) is 5.91 Å². The summed E-state index contributed by atoms with van der Waals surface area (Å²) in [5.74, 6) is -0.0780. The van der Waals surface area contributed by atoms with Crippen LogP contribution >= 0.6 is 11.3 Å².